The second kappa shape index (κ2) is 5.48. The van der Waals surface area contributed by atoms with Crippen LogP contribution in [0.25, 0.3) is 0 Å². The first-order valence-electron chi connectivity index (χ1n) is 5.56. The van der Waals surface area contributed by atoms with Gasteiger partial charge in [0.2, 0.25) is 0 Å². The van der Waals surface area contributed by atoms with Crippen molar-refractivity contribution in [1.29, 1.82) is 0 Å². The number of amides is 1. The Hall–Kier alpha value is -1.76. The average molecular weight is 284 g/mol. The zero-order valence-electron chi connectivity index (χ0n) is 11.2. The summed E-state index contributed by atoms with van der Waals surface area (Å²) in [5.41, 5.74) is -0.419. The Morgan fingerprint density at radius 2 is 2.00 bits per heavy atom. The van der Waals surface area contributed by atoms with Gasteiger partial charge in [-0.2, -0.15) is 0 Å². The van der Waals surface area contributed by atoms with E-state index in [2.05, 4.69) is 12.6 Å². The number of non-ortho nitro benzene ring substituents is 1. The predicted molar refractivity (Wildman–Crippen MR) is 75.0 cm³/mol. The highest BCUT2D eigenvalue weighted by Gasteiger charge is 2.23. The summed E-state index contributed by atoms with van der Waals surface area (Å²) in [6, 6.07) is 4.08. The number of nitrogens with zero attached hydrogens (tertiary/aromatic N) is 2. The number of hydrogen-bond acceptors (Lipinski definition) is 5. The fourth-order valence-electron chi connectivity index (χ4n) is 1.32. The van der Waals surface area contributed by atoms with Crippen LogP contribution >= 0.6 is 12.6 Å². The van der Waals surface area contributed by atoms with Gasteiger partial charge in [0.05, 0.1) is 10.6 Å². The van der Waals surface area contributed by atoms with Crippen LogP contribution in [0.15, 0.2) is 23.1 Å². The molecule has 0 saturated carbocycles. The van der Waals surface area contributed by atoms with Gasteiger partial charge in [0, 0.05) is 24.1 Å². The Labute approximate surface area is 116 Å². The number of nitro groups is 1. The van der Waals surface area contributed by atoms with E-state index in [1.54, 1.807) is 20.8 Å². The summed E-state index contributed by atoms with van der Waals surface area (Å²) in [5, 5.41) is 10.7. The van der Waals surface area contributed by atoms with E-state index in [0.29, 0.717) is 10.6 Å². The lowest BCUT2D eigenvalue weighted by molar-refractivity contribution is -0.384. The summed E-state index contributed by atoms with van der Waals surface area (Å²) < 4.78 is 5.19. The lowest BCUT2D eigenvalue weighted by atomic mass is 10.2. The second-order valence-corrected chi connectivity index (χ2v) is 5.45. The minimum Gasteiger partial charge on any atom is -0.443 e. The lowest BCUT2D eigenvalue weighted by Crippen LogP contribution is -2.34. The molecule has 0 aliphatic carbocycles. The summed E-state index contributed by atoms with van der Waals surface area (Å²) in [6.45, 7) is 5.23. The molecule has 7 heteroatoms. The molecule has 0 aliphatic rings. The number of benzene rings is 1. The molecule has 0 saturated heterocycles. The molecular weight excluding hydrogens is 268 g/mol. The molecule has 1 aromatic rings. The van der Waals surface area contributed by atoms with Crippen LogP contribution in [0, 0.1) is 10.1 Å². The molecule has 0 bridgehead atoms. The molecule has 0 spiro atoms. The van der Waals surface area contributed by atoms with Crippen LogP contribution in [0.2, 0.25) is 0 Å². The molecule has 6 nitrogen and oxygen atoms in total. The number of carbonyl (C=O) groups excluding carboxylic acids is 1. The zero-order valence-corrected chi connectivity index (χ0v) is 12.1. The third-order valence-electron chi connectivity index (χ3n) is 2.20. The van der Waals surface area contributed by atoms with E-state index in [0.717, 1.165) is 0 Å². The fraction of sp³-hybridized carbons (Fsp3) is 0.417. The van der Waals surface area contributed by atoms with E-state index < -0.39 is 16.6 Å². The highest BCUT2D eigenvalue weighted by molar-refractivity contribution is 7.80. The van der Waals surface area contributed by atoms with Gasteiger partial charge in [0.15, 0.2) is 0 Å². The zero-order chi connectivity index (χ0) is 14.8. The Morgan fingerprint density at radius 1 is 1.42 bits per heavy atom. The normalized spacial score (nSPS) is 11.0. The van der Waals surface area contributed by atoms with Gasteiger partial charge in [-0.15, -0.1) is 12.6 Å². The van der Waals surface area contributed by atoms with Gasteiger partial charge < -0.3 is 4.74 Å². The number of thiol groups is 1. The molecule has 0 N–H and O–H groups in total. The maximum absolute atomic E-state index is 11.9. The molecule has 19 heavy (non-hydrogen) atoms. The number of anilines is 1. The van der Waals surface area contributed by atoms with Crippen molar-refractivity contribution in [3.63, 3.8) is 0 Å². The number of carbonyl (C=O) groups is 1. The topological polar surface area (TPSA) is 72.7 Å². The van der Waals surface area contributed by atoms with E-state index in [1.165, 1.54) is 30.1 Å². The molecule has 1 rings (SSSR count). The summed E-state index contributed by atoms with van der Waals surface area (Å²) >= 11 is 4.19. The fourth-order valence-corrected chi connectivity index (χ4v) is 1.61. The number of nitro benzene ring substituents is 1. The lowest BCUT2D eigenvalue weighted by Gasteiger charge is -2.25. The SMILES string of the molecule is CN(C(=O)OC(C)(C)C)c1cc([N+](=O)[O-])ccc1S. The summed E-state index contributed by atoms with van der Waals surface area (Å²) in [4.78, 5) is 23.7. The van der Waals surface area contributed by atoms with Gasteiger partial charge in [-0.1, -0.05) is 0 Å². The Bertz CT molecular complexity index is 511. The van der Waals surface area contributed by atoms with E-state index in [9.17, 15) is 14.9 Å². The van der Waals surface area contributed by atoms with Gasteiger partial charge in [-0.05, 0) is 26.8 Å². The van der Waals surface area contributed by atoms with Crippen molar-refractivity contribution < 1.29 is 14.5 Å². The van der Waals surface area contributed by atoms with Crippen LogP contribution in [0.1, 0.15) is 20.8 Å². The van der Waals surface area contributed by atoms with Gasteiger partial charge in [0.25, 0.3) is 5.69 Å². The summed E-state index contributed by atoms with van der Waals surface area (Å²) in [7, 11) is 1.48. The Balaban J connectivity index is 3.05. The van der Waals surface area contributed by atoms with Crippen molar-refractivity contribution >= 4 is 30.1 Å². The van der Waals surface area contributed by atoms with Crippen molar-refractivity contribution in [1.82, 2.24) is 0 Å². The molecule has 0 radical (unpaired) electrons. The van der Waals surface area contributed by atoms with Crippen molar-refractivity contribution in [2.75, 3.05) is 11.9 Å². The van der Waals surface area contributed by atoms with Crippen LogP contribution in [-0.2, 0) is 4.74 Å². The molecule has 0 aromatic heterocycles. The van der Waals surface area contributed by atoms with Gasteiger partial charge in [0.1, 0.15) is 5.60 Å². The van der Waals surface area contributed by atoms with Crippen LogP contribution in [0.5, 0.6) is 0 Å². The van der Waals surface area contributed by atoms with E-state index in [4.69, 9.17) is 4.74 Å². The van der Waals surface area contributed by atoms with Gasteiger partial charge in [-0.25, -0.2) is 4.79 Å². The minimum absolute atomic E-state index is 0.108. The Morgan fingerprint density at radius 3 is 2.47 bits per heavy atom. The van der Waals surface area contributed by atoms with Crippen molar-refractivity contribution in [3.05, 3.63) is 28.3 Å². The van der Waals surface area contributed by atoms with Crippen molar-refractivity contribution in [2.24, 2.45) is 0 Å². The molecule has 0 fully saturated rings. The highest BCUT2D eigenvalue weighted by Crippen LogP contribution is 2.29. The first kappa shape index (κ1) is 15.3. The largest absolute Gasteiger partial charge is 0.443 e. The van der Waals surface area contributed by atoms with Crippen LogP contribution in [0.3, 0.4) is 0 Å². The van der Waals surface area contributed by atoms with Gasteiger partial charge in [-0.3, -0.25) is 15.0 Å². The minimum atomic E-state index is -0.636. The van der Waals surface area contributed by atoms with Crippen molar-refractivity contribution in [3.8, 4) is 0 Å². The second-order valence-electron chi connectivity index (χ2n) is 4.97. The molecule has 0 unspecified atom stereocenters. The molecule has 104 valence electrons. The highest BCUT2D eigenvalue weighted by atomic mass is 32.1. The first-order valence-corrected chi connectivity index (χ1v) is 6.00. The smallest absolute Gasteiger partial charge is 0.414 e. The van der Waals surface area contributed by atoms with E-state index in [-0.39, 0.29) is 5.69 Å². The van der Waals surface area contributed by atoms with E-state index in [1.807, 2.05) is 0 Å². The predicted octanol–water partition coefficient (Wildman–Crippen LogP) is 3.25. The summed E-state index contributed by atoms with van der Waals surface area (Å²) in [5.74, 6) is 0. The standard InChI is InChI=1S/C12H16N2O4S/c1-12(2,3)18-11(15)13(4)9-7-8(14(16)17)5-6-10(9)19/h5-7,19H,1-4H3. The van der Waals surface area contributed by atoms with Crippen LogP contribution in [0.4, 0.5) is 16.2 Å². The number of hydrogen-bond donors (Lipinski definition) is 1. The summed E-state index contributed by atoms with van der Waals surface area (Å²) in [6.07, 6.45) is -0.594. The van der Waals surface area contributed by atoms with Crippen LogP contribution in [-0.4, -0.2) is 23.7 Å². The molecule has 0 aliphatic heterocycles. The first-order chi connectivity index (χ1) is 8.61. The van der Waals surface area contributed by atoms with Crippen molar-refractivity contribution in [2.45, 2.75) is 31.3 Å². The third kappa shape index (κ3) is 4.13. The number of rotatable bonds is 2. The molecule has 1 aromatic carbocycles. The molecule has 0 atom stereocenters. The maximum atomic E-state index is 11.9. The van der Waals surface area contributed by atoms with Gasteiger partial charge >= 0.3 is 6.09 Å². The number of ether oxygens (including phenoxy) is 1. The Kier molecular flexibility index (Phi) is 4.41. The maximum Gasteiger partial charge on any atom is 0.414 e. The molecular formula is C12H16N2O4S. The van der Waals surface area contributed by atoms with E-state index >= 15 is 0 Å². The molecule has 0 heterocycles. The average Bonchev–Trinajstić information content (AvgIpc) is 2.26. The third-order valence-corrected chi connectivity index (χ3v) is 2.58. The molecule has 1 amide bonds. The monoisotopic (exact) mass is 284 g/mol. The van der Waals surface area contributed by atoms with Crippen LogP contribution < -0.4 is 4.90 Å². The quantitative estimate of drug-likeness (QED) is 0.514.